The van der Waals surface area contributed by atoms with E-state index in [1.165, 1.54) is 17.0 Å². The highest BCUT2D eigenvalue weighted by Gasteiger charge is 2.35. The van der Waals surface area contributed by atoms with E-state index in [9.17, 15) is 14.4 Å². The van der Waals surface area contributed by atoms with Crippen molar-refractivity contribution in [1.82, 2.24) is 4.90 Å². The van der Waals surface area contributed by atoms with Gasteiger partial charge in [0.05, 0.1) is 11.1 Å². The fourth-order valence-corrected chi connectivity index (χ4v) is 3.61. The minimum atomic E-state index is -0.390. The summed E-state index contributed by atoms with van der Waals surface area (Å²) < 4.78 is 10.9. The highest BCUT2D eigenvalue weighted by atomic mass is 16.5. The van der Waals surface area contributed by atoms with Crippen LogP contribution < -0.4 is 10.1 Å². The topological polar surface area (TPSA) is 84.9 Å². The number of nitrogens with zero attached hydrogens (tertiary/aromatic N) is 1. The number of carbonyl (C=O) groups excluding carboxylic acids is 3. The van der Waals surface area contributed by atoms with Crippen LogP contribution in [0.3, 0.4) is 0 Å². The van der Waals surface area contributed by atoms with Crippen molar-refractivity contribution >= 4 is 23.4 Å². The van der Waals surface area contributed by atoms with E-state index in [0.29, 0.717) is 35.6 Å². The van der Waals surface area contributed by atoms with Gasteiger partial charge in [0.1, 0.15) is 11.5 Å². The van der Waals surface area contributed by atoms with Crippen molar-refractivity contribution < 1.29 is 23.9 Å². The number of benzene rings is 3. The molecule has 3 aromatic carbocycles. The molecule has 0 radical (unpaired) electrons. The van der Waals surface area contributed by atoms with Crippen molar-refractivity contribution in [2.75, 3.05) is 25.6 Å². The Kier molecular flexibility index (Phi) is 6.51. The molecule has 0 fully saturated rings. The molecule has 33 heavy (non-hydrogen) atoms. The summed E-state index contributed by atoms with van der Waals surface area (Å²) in [6, 6.07) is 19.3. The number of carbonyl (C=O) groups is 3. The van der Waals surface area contributed by atoms with Crippen molar-refractivity contribution in [1.29, 1.82) is 0 Å². The van der Waals surface area contributed by atoms with Crippen molar-refractivity contribution in [3.63, 3.8) is 0 Å². The molecule has 0 aliphatic carbocycles. The predicted octanol–water partition coefficient (Wildman–Crippen LogP) is 4.67. The van der Waals surface area contributed by atoms with Gasteiger partial charge in [0.15, 0.2) is 0 Å². The SMILES string of the molecule is COCCCN1C(=O)c2ccc(C(=O)Nc3ccc(Oc4ccccc4C)cc3)cc2C1=O. The number of imide groups is 1. The third-order valence-electron chi connectivity index (χ3n) is 5.40. The molecule has 0 unspecified atom stereocenters. The minimum Gasteiger partial charge on any atom is -0.457 e. The summed E-state index contributed by atoms with van der Waals surface area (Å²) in [4.78, 5) is 39.1. The first kappa shape index (κ1) is 22.2. The van der Waals surface area contributed by atoms with E-state index in [4.69, 9.17) is 9.47 Å². The summed E-state index contributed by atoms with van der Waals surface area (Å²) in [6.07, 6.45) is 0.554. The maximum atomic E-state index is 12.7. The average molecular weight is 444 g/mol. The largest absolute Gasteiger partial charge is 0.457 e. The molecule has 0 atom stereocenters. The molecule has 7 nitrogen and oxygen atoms in total. The van der Waals surface area contributed by atoms with Crippen LogP contribution in [0.5, 0.6) is 11.5 Å². The third-order valence-corrected chi connectivity index (χ3v) is 5.40. The predicted molar refractivity (Wildman–Crippen MR) is 124 cm³/mol. The monoisotopic (exact) mass is 444 g/mol. The summed E-state index contributed by atoms with van der Waals surface area (Å²) in [5.41, 5.74) is 2.46. The van der Waals surface area contributed by atoms with Crippen LogP contribution >= 0.6 is 0 Å². The Morgan fingerprint density at radius 2 is 1.67 bits per heavy atom. The molecule has 0 saturated carbocycles. The van der Waals surface area contributed by atoms with Crippen LogP contribution in [0.15, 0.2) is 66.7 Å². The second kappa shape index (κ2) is 9.67. The number of amides is 3. The molecule has 3 aromatic rings. The number of rotatable bonds is 8. The lowest BCUT2D eigenvalue weighted by Gasteiger charge is -2.12. The van der Waals surface area contributed by atoms with E-state index in [0.717, 1.165) is 11.3 Å². The minimum absolute atomic E-state index is 0.243. The van der Waals surface area contributed by atoms with Gasteiger partial charge in [0, 0.05) is 31.5 Å². The molecule has 1 aliphatic heterocycles. The van der Waals surface area contributed by atoms with E-state index in [-0.39, 0.29) is 23.9 Å². The summed E-state index contributed by atoms with van der Waals surface area (Å²) >= 11 is 0. The lowest BCUT2D eigenvalue weighted by molar-refractivity contribution is 0.0638. The molecule has 0 bridgehead atoms. The number of anilines is 1. The van der Waals surface area contributed by atoms with E-state index in [1.807, 2.05) is 31.2 Å². The number of hydrogen-bond donors (Lipinski definition) is 1. The Hall–Kier alpha value is -3.97. The maximum Gasteiger partial charge on any atom is 0.261 e. The van der Waals surface area contributed by atoms with Crippen molar-refractivity contribution in [2.45, 2.75) is 13.3 Å². The zero-order chi connectivity index (χ0) is 23.4. The highest BCUT2D eigenvalue weighted by Crippen LogP contribution is 2.27. The van der Waals surface area contributed by atoms with Gasteiger partial charge in [-0.1, -0.05) is 18.2 Å². The number of hydrogen-bond acceptors (Lipinski definition) is 5. The summed E-state index contributed by atoms with van der Waals surface area (Å²) in [7, 11) is 1.57. The fourth-order valence-electron chi connectivity index (χ4n) is 3.61. The second-order valence-corrected chi connectivity index (χ2v) is 7.71. The van der Waals surface area contributed by atoms with Gasteiger partial charge in [-0.05, 0) is 67.4 Å². The molecular formula is C26H24N2O5. The van der Waals surface area contributed by atoms with Gasteiger partial charge in [-0.3, -0.25) is 19.3 Å². The van der Waals surface area contributed by atoms with Gasteiger partial charge >= 0.3 is 0 Å². The molecule has 3 amide bonds. The number of methoxy groups -OCH3 is 1. The quantitative estimate of drug-likeness (QED) is 0.403. The summed E-state index contributed by atoms with van der Waals surface area (Å²) in [5, 5.41) is 2.81. The van der Waals surface area contributed by atoms with Gasteiger partial charge in [0.25, 0.3) is 17.7 Å². The number of aryl methyl sites for hydroxylation is 1. The van der Waals surface area contributed by atoms with Crippen LogP contribution in [0.4, 0.5) is 5.69 Å². The van der Waals surface area contributed by atoms with Crippen molar-refractivity contribution in [2.24, 2.45) is 0 Å². The first-order valence-electron chi connectivity index (χ1n) is 10.6. The number of fused-ring (bicyclic) bond motifs is 1. The molecule has 1 N–H and O–H groups in total. The van der Waals surface area contributed by atoms with E-state index in [1.54, 1.807) is 37.4 Å². The Morgan fingerprint density at radius 1 is 0.939 bits per heavy atom. The lowest BCUT2D eigenvalue weighted by Crippen LogP contribution is -2.31. The first-order chi connectivity index (χ1) is 16.0. The van der Waals surface area contributed by atoms with Gasteiger partial charge < -0.3 is 14.8 Å². The van der Waals surface area contributed by atoms with Crippen LogP contribution in [-0.2, 0) is 4.74 Å². The van der Waals surface area contributed by atoms with E-state index < -0.39 is 5.91 Å². The molecule has 168 valence electrons. The zero-order valence-corrected chi connectivity index (χ0v) is 18.5. The van der Waals surface area contributed by atoms with Crippen molar-refractivity contribution in [3.8, 4) is 11.5 Å². The Morgan fingerprint density at radius 3 is 2.39 bits per heavy atom. The summed E-state index contributed by atoms with van der Waals surface area (Å²) in [6.45, 7) is 2.70. The van der Waals surface area contributed by atoms with Gasteiger partial charge in [0.2, 0.25) is 0 Å². The third kappa shape index (κ3) is 4.78. The Labute approximate surface area is 191 Å². The molecular weight excluding hydrogens is 420 g/mol. The van der Waals surface area contributed by atoms with Crippen LogP contribution in [-0.4, -0.2) is 42.9 Å². The van der Waals surface area contributed by atoms with Gasteiger partial charge in [-0.2, -0.15) is 0 Å². The molecule has 1 aliphatic rings. The zero-order valence-electron chi connectivity index (χ0n) is 18.5. The number of nitrogens with one attached hydrogen (secondary N) is 1. The standard InChI is InChI=1S/C26H24N2O5/c1-17-6-3-4-7-23(17)33-20-11-9-19(10-12-20)27-24(29)18-8-13-21-22(16-18)26(31)28(25(21)30)14-5-15-32-2/h3-4,6-13,16H,5,14-15H2,1-2H3,(H,27,29). The van der Waals surface area contributed by atoms with Crippen molar-refractivity contribution in [3.05, 3.63) is 89.0 Å². The van der Waals surface area contributed by atoms with Crippen LogP contribution in [0.2, 0.25) is 0 Å². The fraction of sp³-hybridized carbons (Fsp3) is 0.192. The molecule has 0 saturated heterocycles. The van der Waals surface area contributed by atoms with Crippen LogP contribution in [0.25, 0.3) is 0 Å². The number of ether oxygens (including phenoxy) is 2. The molecule has 0 spiro atoms. The van der Waals surface area contributed by atoms with E-state index >= 15 is 0 Å². The molecule has 4 rings (SSSR count). The lowest BCUT2D eigenvalue weighted by atomic mass is 10.1. The maximum absolute atomic E-state index is 12.7. The normalized spacial score (nSPS) is 12.6. The van der Waals surface area contributed by atoms with E-state index in [2.05, 4.69) is 5.32 Å². The van der Waals surface area contributed by atoms with Gasteiger partial charge in [-0.25, -0.2) is 0 Å². The molecule has 1 heterocycles. The Bertz CT molecular complexity index is 1200. The molecule has 7 heteroatoms. The van der Waals surface area contributed by atoms with Crippen LogP contribution in [0.1, 0.15) is 43.1 Å². The first-order valence-corrected chi connectivity index (χ1v) is 10.6. The van der Waals surface area contributed by atoms with Gasteiger partial charge in [-0.15, -0.1) is 0 Å². The highest BCUT2D eigenvalue weighted by molar-refractivity contribution is 6.22. The second-order valence-electron chi connectivity index (χ2n) is 7.71. The number of para-hydroxylation sites is 1. The average Bonchev–Trinajstić information content (AvgIpc) is 3.06. The Balaban J connectivity index is 1.43. The molecule has 0 aromatic heterocycles. The smallest absolute Gasteiger partial charge is 0.261 e. The van der Waals surface area contributed by atoms with Crippen LogP contribution in [0, 0.1) is 6.92 Å². The summed E-state index contributed by atoms with van der Waals surface area (Å²) in [5.74, 6) is 0.310.